The average molecular weight is 471 g/mol. The van der Waals surface area contributed by atoms with E-state index in [1.807, 2.05) is 13.0 Å². The zero-order chi connectivity index (χ0) is 24.0. The Morgan fingerprint density at radius 1 is 1.21 bits per heavy atom. The average Bonchev–Trinajstić information content (AvgIpc) is 3.36. The number of nitrogens with two attached hydrogens (primary N) is 1. The summed E-state index contributed by atoms with van der Waals surface area (Å²) >= 11 is 0. The van der Waals surface area contributed by atoms with E-state index in [-0.39, 0.29) is 11.9 Å². The zero-order valence-corrected chi connectivity index (χ0v) is 19.2. The number of anilines is 2. The zero-order valence-electron chi connectivity index (χ0n) is 19.2. The molecule has 11 heteroatoms. The fourth-order valence-electron chi connectivity index (χ4n) is 4.78. The molecule has 4 aromatic rings. The fraction of sp³-hybridized carbons (Fsp3) is 0.478. The topological polar surface area (TPSA) is 119 Å². The second-order valence-corrected chi connectivity index (χ2v) is 9.04. The Labute approximate surface area is 195 Å². The Morgan fingerprint density at radius 2 is 1.97 bits per heavy atom. The van der Waals surface area contributed by atoms with Gasteiger partial charge in [0.15, 0.2) is 11.5 Å². The van der Waals surface area contributed by atoms with E-state index < -0.39 is 18.6 Å². The maximum Gasteiger partial charge on any atom is 0.256 e. The molecule has 0 amide bonds. The van der Waals surface area contributed by atoms with Gasteiger partial charge in [-0.2, -0.15) is 4.98 Å². The summed E-state index contributed by atoms with van der Waals surface area (Å²) in [5, 5.41) is 18.4. The Morgan fingerprint density at radius 3 is 2.68 bits per heavy atom. The first-order valence-electron chi connectivity index (χ1n) is 11.5. The lowest BCUT2D eigenvalue weighted by molar-refractivity contribution is -0.00198. The Bertz CT molecular complexity index is 1340. The SMILES string of the molecule is CCC1(O)CCC(Nc2nc(N)c3c(-c4ccc5nc(C)n(CC(F)F)c5n4)ccn3n2)CC1. The van der Waals surface area contributed by atoms with Gasteiger partial charge in [-0.25, -0.2) is 23.3 Å². The molecular weight excluding hydrogens is 442 g/mol. The summed E-state index contributed by atoms with van der Waals surface area (Å²) in [4.78, 5) is 13.4. The molecule has 0 saturated heterocycles. The predicted molar refractivity (Wildman–Crippen MR) is 126 cm³/mol. The number of hydrogen-bond acceptors (Lipinski definition) is 7. The van der Waals surface area contributed by atoms with Gasteiger partial charge in [0.2, 0.25) is 5.95 Å². The van der Waals surface area contributed by atoms with E-state index in [2.05, 4.69) is 25.4 Å². The van der Waals surface area contributed by atoms with Gasteiger partial charge in [0.05, 0.1) is 17.8 Å². The Kier molecular flexibility index (Phi) is 5.59. The number of aliphatic hydroxyl groups is 1. The van der Waals surface area contributed by atoms with E-state index in [1.165, 1.54) is 4.57 Å². The van der Waals surface area contributed by atoms with E-state index in [1.54, 1.807) is 29.8 Å². The largest absolute Gasteiger partial charge is 0.390 e. The molecule has 1 aliphatic carbocycles. The molecule has 0 spiro atoms. The van der Waals surface area contributed by atoms with Crippen molar-refractivity contribution in [2.45, 2.75) is 70.6 Å². The number of fused-ring (bicyclic) bond motifs is 2. The molecular formula is C23H28F2N8O. The molecule has 0 aliphatic heterocycles. The molecule has 0 unspecified atom stereocenters. The van der Waals surface area contributed by atoms with Crippen LogP contribution in [0.3, 0.4) is 0 Å². The normalized spacial score (nSPS) is 21.1. The van der Waals surface area contributed by atoms with Crippen molar-refractivity contribution in [2.24, 2.45) is 0 Å². The third kappa shape index (κ3) is 4.04. The molecule has 1 fully saturated rings. The van der Waals surface area contributed by atoms with E-state index in [0.717, 1.165) is 32.1 Å². The quantitative estimate of drug-likeness (QED) is 0.392. The van der Waals surface area contributed by atoms with Crippen molar-refractivity contribution in [3.05, 3.63) is 30.2 Å². The Hall–Kier alpha value is -3.34. The lowest BCUT2D eigenvalue weighted by Crippen LogP contribution is -2.38. The van der Waals surface area contributed by atoms with Crippen LogP contribution < -0.4 is 11.1 Å². The number of pyridine rings is 1. The van der Waals surface area contributed by atoms with Crippen LogP contribution in [0.2, 0.25) is 0 Å². The van der Waals surface area contributed by atoms with Gasteiger partial charge in [-0.3, -0.25) is 0 Å². The predicted octanol–water partition coefficient (Wildman–Crippen LogP) is 3.79. The van der Waals surface area contributed by atoms with Gasteiger partial charge in [-0.15, -0.1) is 5.10 Å². The molecule has 5 rings (SSSR count). The second kappa shape index (κ2) is 8.46. The standard InChI is InChI=1S/C23H28F2N8O/c1-3-23(34)9-6-14(7-10-23)28-22-30-20(26)19-15(8-11-33(19)31-22)16-4-5-17-21(29-16)32(12-18(24)25)13(2)27-17/h4-5,8,11,14,18,34H,3,6-7,9-10,12H2,1-2H3,(H3,26,28,30,31). The third-order valence-electron chi connectivity index (χ3n) is 6.83. The van der Waals surface area contributed by atoms with Gasteiger partial charge in [-0.1, -0.05) is 6.92 Å². The van der Waals surface area contributed by atoms with E-state index in [4.69, 9.17) is 5.73 Å². The summed E-state index contributed by atoms with van der Waals surface area (Å²) in [6.45, 7) is 3.23. The molecule has 1 aliphatic rings. The van der Waals surface area contributed by atoms with Gasteiger partial charge in [0, 0.05) is 17.8 Å². The maximum atomic E-state index is 13.1. The van der Waals surface area contributed by atoms with Crippen LogP contribution in [0.4, 0.5) is 20.5 Å². The molecule has 0 bridgehead atoms. The van der Waals surface area contributed by atoms with Crippen LogP contribution in [0.25, 0.3) is 27.9 Å². The number of alkyl halides is 2. The molecule has 9 nitrogen and oxygen atoms in total. The second-order valence-electron chi connectivity index (χ2n) is 9.04. The number of aromatic nitrogens is 6. The molecule has 34 heavy (non-hydrogen) atoms. The number of hydrogen-bond donors (Lipinski definition) is 3. The van der Waals surface area contributed by atoms with E-state index in [9.17, 15) is 13.9 Å². The van der Waals surface area contributed by atoms with Crippen LogP contribution in [0.15, 0.2) is 24.4 Å². The van der Waals surface area contributed by atoms with Gasteiger partial charge in [-0.05, 0) is 57.2 Å². The summed E-state index contributed by atoms with van der Waals surface area (Å²) in [6, 6.07) is 5.56. The molecule has 4 heterocycles. The van der Waals surface area contributed by atoms with Crippen LogP contribution >= 0.6 is 0 Å². The Balaban J connectivity index is 1.45. The number of imidazole rings is 1. The van der Waals surface area contributed by atoms with Crippen molar-refractivity contribution < 1.29 is 13.9 Å². The monoisotopic (exact) mass is 470 g/mol. The van der Waals surface area contributed by atoms with Crippen molar-refractivity contribution in [3.8, 4) is 11.3 Å². The van der Waals surface area contributed by atoms with Crippen LogP contribution in [-0.4, -0.2) is 52.3 Å². The first-order valence-corrected chi connectivity index (χ1v) is 11.5. The minimum absolute atomic E-state index is 0.168. The van der Waals surface area contributed by atoms with Gasteiger partial charge >= 0.3 is 0 Å². The summed E-state index contributed by atoms with van der Waals surface area (Å²) in [7, 11) is 0. The minimum atomic E-state index is -2.51. The van der Waals surface area contributed by atoms with Crippen LogP contribution in [0, 0.1) is 6.92 Å². The minimum Gasteiger partial charge on any atom is -0.390 e. The number of aryl methyl sites for hydroxylation is 1. The van der Waals surface area contributed by atoms with Crippen molar-refractivity contribution in [3.63, 3.8) is 0 Å². The highest BCUT2D eigenvalue weighted by molar-refractivity contribution is 5.88. The lowest BCUT2D eigenvalue weighted by atomic mass is 9.80. The number of halogens is 2. The highest BCUT2D eigenvalue weighted by Gasteiger charge is 2.31. The summed E-state index contributed by atoms with van der Waals surface area (Å²) in [6.07, 6.45) is 3.16. The number of nitrogens with one attached hydrogen (secondary N) is 1. The number of rotatable bonds is 6. The molecule has 0 aromatic carbocycles. The summed E-state index contributed by atoms with van der Waals surface area (Å²) in [5.41, 5.74) is 8.59. The highest BCUT2D eigenvalue weighted by Crippen LogP contribution is 2.33. The van der Waals surface area contributed by atoms with Crippen molar-refractivity contribution >= 4 is 28.4 Å². The number of nitrogens with zero attached hydrogens (tertiary/aromatic N) is 6. The lowest BCUT2D eigenvalue weighted by Gasteiger charge is -2.35. The van der Waals surface area contributed by atoms with Crippen molar-refractivity contribution in [2.75, 3.05) is 11.1 Å². The fourth-order valence-corrected chi connectivity index (χ4v) is 4.78. The van der Waals surface area contributed by atoms with Crippen LogP contribution in [0.5, 0.6) is 0 Å². The molecule has 0 atom stereocenters. The van der Waals surface area contributed by atoms with Crippen LogP contribution in [0.1, 0.15) is 44.9 Å². The molecule has 4 N–H and O–H groups in total. The van der Waals surface area contributed by atoms with Crippen molar-refractivity contribution in [1.82, 2.24) is 29.1 Å². The maximum absolute atomic E-state index is 13.1. The molecule has 180 valence electrons. The highest BCUT2D eigenvalue weighted by atomic mass is 19.3. The number of nitrogen functional groups attached to an aromatic ring is 1. The van der Waals surface area contributed by atoms with Crippen molar-refractivity contribution in [1.29, 1.82) is 0 Å². The van der Waals surface area contributed by atoms with E-state index >= 15 is 0 Å². The van der Waals surface area contributed by atoms with Gasteiger partial charge < -0.3 is 20.7 Å². The van der Waals surface area contributed by atoms with Gasteiger partial charge in [0.1, 0.15) is 16.9 Å². The summed E-state index contributed by atoms with van der Waals surface area (Å²) in [5.74, 6) is 1.20. The first kappa shape index (κ1) is 22.5. The smallest absolute Gasteiger partial charge is 0.256 e. The molecule has 0 radical (unpaired) electrons. The molecule has 4 aromatic heterocycles. The van der Waals surface area contributed by atoms with Gasteiger partial charge in [0.25, 0.3) is 6.43 Å². The first-order chi connectivity index (χ1) is 16.3. The van der Waals surface area contributed by atoms with E-state index in [0.29, 0.717) is 39.7 Å². The summed E-state index contributed by atoms with van der Waals surface area (Å²) < 4.78 is 29.2. The third-order valence-corrected chi connectivity index (χ3v) is 6.83. The molecule has 1 saturated carbocycles. The van der Waals surface area contributed by atoms with Crippen LogP contribution in [-0.2, 0) is 6.54 Å².